The van der Waals surface area contributed by atoms with Crippen molar-refractivity contribution in [2.45, 2.75) is 5.92 Å². The maximum Gasteiger partial charge on any atom is 0.325 e. The third-order valence-electron chi connectivity index (χ3n) is 2.55. The van der Waals surface area contributed by atoms with Crippen LogP contribution < -0.4 is 4.74 Å². The molecular formula is C15H11NO3. The van der Waals surface area contributed by atoms with Gasteiger partial charge >= 0.3 is 5.97 Å². The van der Waals surface area contributed by atoms with Gasteiger partial charge in [-0.15, -0.1) is 0 Å². The van der Waals surface area contributed by atoms with Crippen molar-refractivity contribution in [3.05, 3.63) is 60.2 Å². The maximum absolute atomic E-state index is 10.9. The lowest BCUT2D eigenvalue weighted by Crippen LogP contribution is -2.09. The molecule has 0 radical (unpaired) electrons. The van der Waals surface area contributed by atoms with Crippen LogP contribution in [0.5, 0.6) is 11.5 Å². The Balaban J connectivity index is 2.25. The number of rotatable bonds is 4. The highest BCUT2D eigenvalue weighted by Gasteiger charge is 2.19. The first-order chi connectivity index (χ1) is 9.20. The molecule has 0 amide bonds. The van der Waals surface area contributed by atoms with Crippen LogP contribution in [0.4, 0.5) is 0 Å². The number of hydrogen-bond acceptors (Lipinski definition) is 3. The number of para-hydroxylation sites is 1. The molecule has 0 aliphatic heterocycles. The van der Waals surface area contributed by atoms with Crippen LogP contribution in [0.1, 0.15) is 11.5 Å². The standard InChI is InChI=1S/C15H11NO3/c16-10-14(15(17)18)11-5-4-8-13(9-11)19-12-6-2-1-3-7-12/h1-9,14H,(H,17,18). The van der Waals surface area contributed by atoms with Gasteiger partial charge in [-0.3, -0.25) is 4.79 Å². The van der Waals surface area contributed by atoms with Crippen molar-refractivity contribution in [3.8, 4) is 17.6 Å². The Morgan fingerprint density at radius 2 is 1.79 bits per heavy atom. The number of carboxylic acid groups (broad SMARTS) is 1. The minimum Gasteiger partial charge on any atom is -0.480 e. The van der Waals surface area contributed by atoms with Crippen LogP contribution in [0.25, 0.3) is 0 Å². The predicted octanol–water partition coefficient (Wildman–Crippen LogP) is 3.17. The summed E-state index contributed by atoms with van der Waals surface area (Å²) < 4.78 is 5.59. The summed E-state index contributed by atoms with van der Waals surface area (Å²) in [5, 5.41) is 17.8. The van der Waals surface area contributed by atoms with E-state index in [1.54, 1.807) is 42.5 Å². The van der Waals surface area contributed by atoms with Crippen molar-refractivity contribution in [3.63, 3.8) is 0 Å². The summed E-state index contributed by atoms with van der Waals surface area (Å²) in [6.45, 7) is 0. The van der Waals surface area contributed by atoms with Crippen molar-refractivity contribution in [2.75, 3.05) is 0 Å². The molecule has 1 unspecified atom stereocenters. The number of carbonyl (C=O) groups is 1. The molecule has 19 heavy (non-hydrogen) atoms. The summed E-state index contributed by atoms with van der Waals surface area (Å²) in [7, 11) is 0. The van der Waals surface area contributed by atoms with Gasteiger partial charge < -0.3 is 9.84 Å². The van der Waals surface area contributed by atoms with Crippen molar-refractivity contribution in [1.29, 1.82) is 5.26 Å². The highest BCUT2D eigenvalue weighted by Crippen LogP contribution is 2.25. The zero-order chi connectivity index (χ0) is 13.7. The maximum atomic E-state index is 10.9. The summed E-state index contributed by atoms with van der Waals surface area (Å²) in [5.41, 5.74) is 0.406. The SMILES string of the molecule is N#CC(C(=O)O)c1cccc(Oc2ccccc2)c1. The fourth-order valence-electron chi connectivity index (χ4n) is 1.65. The van der Waals surface area contributed by atoms with E-state index in [2.05, 4.69) is 0 Å². The van der Waals surface area contributed by atoms with E-state index < -0.39 is 11.9 Å². The minimum atomic E-state index is -1.18. The molecule has 0 heterocycles. The molecule has 2 aromatic carbocycles. The van der Waals surface area contributed by atoms with E-state index in [0.29, 0.717) is 17.1 Å². The first-order valence-corrected chi connectivity index (χ1v) is 5.66. The molecule has 4 nitrogen and oxygen atoms in total. The second-order valence-corrected chi connectivity index (χ2v) is 3.89. The average Bonchev–Trinajstić information content (AvgIpc) is 2.41. The van der Waals surface area contributed by atoms with Gasteiger partial charge in [-0.2, -0.15) is 5.26 Å². The van der Waals surface area contributed by atoms with Gasteiger partial charge in [-0.25, -0.2) is 0 Å². The first kappa shape index (κ1) is 12.7. The first-order valence-electron chi connectivity index (χ1n) is 5.66. The van der Waals surface area contributed by atoms with E-state index in [-0.39, 0.29) is 0 Å². The van der Waals surface area contributed by atoms with Gasteiger partial charge in [0.15, 0.2) is 5.92 Å². The smallest absolute Gasteiger partial charge is 0.325 e. The zero-order valence-corrected chi connectivity index (χ0v) is 9.98. The van der Waals surface area contributed by atoms with Crippen molar-refractivity contribution >= 4 is 5.97 Å². The Morgan fingerprint density at radius 3 is 2.42 bits per heavy atom. The third-order valence-corrected chi connectivity index (χ3v) is 2.55. The van der Waals surface area contributed by atoms with Crippen molar-refractivity contribution in [2.24, 2.45) is 0 Å². The quantitative estimate of drug-likeness (QED) is 0.908. The molecule has 1 atom stereocenters. The molecule has 2 aromatic rings. The topological polar surface area (TPSA) is 70.3 Å². The number of nitrogens with zero attached hydrogens (tertiary/aromatic N) is 1. The average molecular weight is 253 g/mol. The van der Waals surface area contributed by atoms with E-state index in [0.717, 1.165) is 0 Å². The van der Waals surface area contributed by atoms with Gasteiger partial charge in [0.2, 0.25) is 0 Å². The summed E-state index contributed by atoms with van der Waals surface area (Å²) in [6.07, 6.45) is 0. The van der Waals surface area contributed by atoms with Gasteiger partial charge in [0.1, 0.15) is 11.5 Å². The number of aliphatic carboxylic acids is 1. The van der Waals surface area contributed by atoms with Gasteiger partial charge in [0.25, 0.3) is 0 Å². The molecule has 0 aliphatic carbocycles. The molecule has 0 spiro atoms. The molecule has 1 N–H and O–H groups in total. The van der Waals surface area contributed by atoms with E-state index in [1.807, 2.05) is 18.2 Å². The molecular weight excluding hydrogens is 242 g/mol. The van der Waals surface area contributed by atoms with Gasteiger partial charge in [-0.05, 0) is 29.8 Å². The van der Waals surface area contributed by atoms with Crippen LogP contribution in [-0.2, 0) is 4.79 Å². The lowest BCUT2D eigenvalue weighted by Gasteiger charge is -2.08. The third kappa shape index (κ3) is 3.11. The second-order valence-electron chi connectivity index (χ2n) is 3.89. The van der Waals surface area contributed by atoms with Crippen molar-refractivity contribution < 1.29 is 14.6 Å². The van der Waals surface area contributed by atoms with Gasteiger partial charge in [-0.1, -0.05) is 30.3 Å². The zero-order valence-electron chi connectivity index (χ0n) is 9.98. The summed E-state index contributed by atoms with van der Waals surface area (Å²) >= 11 is 0. The molecule has 4 heteroatoms. The normalized spacial score (nSPS) is 11.3. The lowest BCUT2D eigenvalue weighted by molar-refractivity contribution is -0.137. The fraction of sp³-hybridized carbons (Fsp3) is 0.0667. The van der Waals surface area contributed by atoms with E-state index in [4.69, 9.17) is 15.1 Å². The second kappa shape index (κ2) is 5.69. The lowest BCUT2D eigenvalue weighted by atomic mass is 10.0. The number of nitriles is 1. The molecule has 0 fully saturated rings. The highest BCUT2D eigenvalue weighted by molar-refractivity contribution is 5.79. The Kier molecular flexibility index (Phi) is 3.79. The highest BCUT2D eigenvalue weighted by atomic mass is 16.5. The Labute approximate surface area is 110 Å². The largest absolute Gasteiger partial charge is 0.480 e. The monoisotopic (exact) mass is 253 g/mol. The number of carboxylic acids is 1. The Hall–Kier alpha value is -2.80. The Bertz CT molecular complexity index is 617. The number of hydrogen-bond donors (Lipinski definition) is 1. The fourth-order valence-corrected chi connectivity index (χ4v) is 1.65. The van der Waals surface area contributed by atoms with Gasteiger partial charge in [0, 0.05) is 0 Å². The van der Waals surface area contributed by atoms with E-state index in [9.17, 15) is 4.79 Å². The van der Waals surface area contributed by atoms with Crippen LogP contribution in [0.15, 0.2) is 54.6 Å². The molecule has 0 aromatic heterocycles. The van der Waals surface area contributed by atoms with Gasteiger partial charge in [0.05, 0.1) is 6.07 Å². The van der Waals surface area contributed by atoms with E-state index in [1.165, 1.54) is 0 Å². The summed E-state index contributed by atoms with van der Waals surface area (Å²) in [5.74, 6) is -1.19. The Morgan fingerprint density at radius 1 is 1.11 bits per heavy atom. The number of benzene rings is 2. The molecule has 2 rings (SSSR count). The molecule has 0 aliphatic rings. The number of ether oxygens (including phenoxy) is 1. The van der Waals surface area contributed by atoms with E-state index >= 15 is 0 Å². The van der Waals surface area contributed by atoms with Crippen LogP contribution in [0.3, 0.4) is 0 Å². The predicted molar refractivity (Wildman–Crippen MR) is 68.9 cm³/mol. The van der Waals surface area contributed by atoms with Crippen LogP contribution >= 0.6 is 0 Å². The molecule has 0 bridgehead atoms. The molecule has 0 saturated heterocycles. The summed E-state index contributed by atoms with van der Waals surface area (Å²) in [6, 6.07) is 17.5. The van der Waals surface area contributed by atoms with Crippen LogP contribution in [0.2, 0.25) is 0 Å². The minimum absolute atomic E-state index is 0.406. The molecule has 0 saturated carbocycles. The van der Waals surface area contributed by atoms with Crippen LogP contribution in [-0.4, -0.2) is 11.1 Å². The van der Waals surface area contributed by atoms with Crippen molar-refractivity contribution in [1.82, 2.24) is 0 Å². The molecule has 94 valence electrons. The van der Waals surface area contributed by atoms with Crippen LogP contribution in [0, 0.1) is 11.3 Å². The summed E-state index contributed by atoms with van der Waals surface area (Å²) in [4.78, 5) is 10.9.